The van der Waals surface area contributed by atoms with Crippen molar-refractivity contribution in [1.82, 2.24) is 4.98 Å². The number of hydrogen-bond acceptors (Lipinski definition) is 5. The Hall–Kier alpha value is -1.49. The second-order valence-electron chi connectivity index (χ2n) is 3.33. The Morgan fingerprint density at radius 3 is 3.12 bits per heavy atom. The Labute approximate surface area is 99.1 Å². The van der Waals surface area contributed by atoms with Gasteiger partial charge in [-0.15, -0.1) is 11.3 Å². The van der Waals surface area contributed by atoms with Gasteiger partial charge in [-0.05, 0) is 19.4 Å². The van der Waals surface area contributed by atoms with Crippen LogP contribution in [0.1, 0.15) is 24.0 Å². The minimum absolute atomic E-state index is 0.708. The average Bonchev–Trinajstić information content (AvgIpc) is 2.72. The van der Waals surface area contributed by atoms with Crippen molar-refractivity contribution >= 4 is 23.8 Å². The van der Waals surface area contributed by atoms with Crippen LogP contribution in [0.15, 0.2) is 27.2 Å². The summed E-state index contributed by atoms with van der Waals surface area (Å²) in [5.74, 6) is 0. The summed E-state index contributed by atoms with van der Waals surface area (Å²) in [6.45, 7) is 2.07. The first-order valence-electron chi connectivity index (χ1n) is 4.96. The first-order chi connectivity index (χ1) is 7.76. The lowest BCUT2D eigenvalue weighted by molar-refractivity contribution is 0.321. The third kappa shape index (κ3) is 4.35. The van der Waals surface area contributed by atoms with Crippen LogP contribution in [0.3, 0.4) is 0 Å². The molecule has 0 unspecified atom stereocenters. The Morgan fingerprint density at radius 2 is 2.44 bits per heavy atom. The summed E-state index contributed by atoms with van der Waals surface area (Å²) in [5, 5.41) is 14.2. The quantitative estimate of drug-likeness (QED) is 0.486. The van der Waals surface area contributed by atoms with Crippen LogP contribution in [0, 0.1) is 0 Å². The summed E-state index contributed by atoms with van der Waals surface area (Å²) < 4.78 is 0. The zero-order valence-electron chi connectivity index (χ0n) is 9.42. The SMILES string of the molecule is C/N=C\C=C(/C)CCc1nc(/C=N/O)cs1. The predicted octanol–water partition coefficient (Wildman–Crippen LogP) is 2.53. The Bertz CT molecular complexity index is 407. The van der Waals surface area contributed by atoms with Crippen molar-refractivity contribution in [3.8, 4) is 0 Å². The van der Waals surface area contributed by atoms with Gasteiger partial charge < -0.3 is 5.21 Å². The molecule has 0 aliphatic heterocycles. The van der Waals surface area contributed by atoms with E-state index in [9.17, 15) is 0 Å². The van der Waals surface area contributed by atoms with Crippen molar-refractivity contribution in [2.45, 2.75) is 19.8 Å². The minimum Gasteiger partial charge on any atom is -0.411 e. The zero-order valence-corrected chi connectivity index (χ0v) is 10.2. The maximum Gasteiger partial charge on any atom is 0.0958 e. The largest absolute Gasteiger partial charge is 0.411 e. The molecule has 1 heterocycles. The lowest BCUT2D eigenvalue weighted by atomic mass is 10.1. The highest BCUT2D eigenvalue weighted by atomic mass is 32.1. The molecular formula is C11H15N3OS. The molecule has 1 aromatic heterocycles. The van der Waals surface area contributed by atoms with Gasteiger partial charge in [-0.2, -0.15) is 0 Å². The molecule has 86 valence electrons. The Kier molecular flexibility index (Phi) is 5.42. The van der Waals surface area contributed by atoms with E-state index in [-0.39, 0.29) is 0 Å². The van der Waals surface area contributed by atoms with Crippen molar-refractivity contribution in [2.75, 3.05) is 7.05 Å². The molecule has 0 bridgehead atoms. The second-order valence-corrected chi connectivity index (χ2v) is 4.27. The van der Waals surface area contributed by atoms with Crippen LogP contribution < -0.4 is 0 Å². The molecule has 0 fully saturated rings. The van der Waals surface area contributed by atoms with Crippen LogP contribution in [0.5, 0.6) is 0 Å². The number of rotatable bonds is 5. The maximum absolute atomic E-state index is 8.35. The van der Waals surface area contributed by atoms with Crippen LogP contribution in [0.2, 0.25) is 0 Å². The van der Waals surface area contributed by atoms with Gasteiger partial charge in [0.1, 0.15) is 0 Å². The molecule has 1 rings (SSSR count). The number of hydrogen-bond donors (Lipinski definition) is 1. The third-order valence-electron chi connectivity index (χ3n) is 2.00. The Morgan fingerprint density at radius 1 is 1.62 bits per heavy atom. The minimum atomic E-state index is 0.708. The molecule has 0 saturated carbocycles. The standard InChI is InChI=1S/C11H15N3OS/c1-9(5-6-12-2)3-4-11-14-10(7-13-15)8-16-11/h5-8,15H,3-4H2,1-2H3/b9-5+,12-6-,13-7+. The number of allylic oxidation sites excluding steroid dienone is 2. The lowest BCUT2D eigenvalue weighted by Gasteiger charge is -1.96. The van der Waals surface area contributed by atoms with Gasteiger partial charge in [-0.1, -0.05) is 10.7 Å². The van der Waals surface area contributed by atoms with Crippen LogP contribution in [-0.2, 0) is 6.42 Å². The zero-order chi connectivity index (χ0) is 11.8. The average molecular weight is 237 g/mol. The van der Waals surface area contributed by atoms with E-state index in [0.29, 0.717) is 5.69 Å². The second kappa shape index (κ2) is 6.90. The molecular weight excluding hydrogens is 222 g/mol. The molecule has 1 aromatic rings. The van der Waals surface area contributed by atoms with E-state index in [1.165, 1.54) is 11.8 Å². The first kappa shape index (κ1) is 12.6. The molecule has 0 saturated heterocycles. The van der Waals surface area contributed by atoms with E-state index in [1.807, 2.05) is 11.5 Å². The Balaban J connectivity index is 2.48. The highest BCUT2D eigenvalue weighted by Crippen LogP contribution is 2.13. The number of aliphatic imine (C=N–C) groups is 1. The fraction of sp³-hybridized carbons (Fsp3) is 0.364. The summed E-state index contributed by atoms with van der Waals surface area (Å²) in [7, 11) is 1.76. The van der Waals surface area contributed by atoms with Gasteiger partial charge in [0.25, 0.3) is 0 Å². The summed E-state index contributed by atoms with van der Waals surface area (Å²) in [6, 6.07) is 0. The van der Waals surface area contributed by atoms with E-state index in [1.54, 1.807) is 24.6 Å². The molecule has 0 atom stereocenters. The summed E-state index contributed by atoms with van der Waals surface area (Å²) in [4.78, 5) is 8.20. The molecule has 4 nitrogen and oxygen atoms in total. The molecule has 0 amide bonds. The van der Waals surface area contributed by atoms with Crippen molar-refractivity contribution in [3.63, 3.8) is 0 Å². The summed E-state index contributed by atoms with van der Waals surface area (Å²) >= 11 is 1.58. The van der Waals surface area contributed by atoms with E-state index >= 15 is 0 Å². The van der Waals surface area contributed by atoms with Crippen LogP contribution in [0.4, 0.5) is 0 Å². The van der Waals surface area contributed by atoms with Crippen molar-refractivity contribution < 1.29 is 5.21 Å². The van der Waals surface area contributed by atoms with E-state index in [4.69, 9.17) is 5.21 Å². The van der Waals surface area contributed by atoms with Crippen LogP contribution in [-0.4, -0.2) is 29.7 Å². The van der Waals surface area contributed by atoms with Gasteiger partial charge in [-0.3, -0.25) is 4.99 Å². The molecule has 0 aliphatic carbocycles. The smallest absolute Gasteiger partial charge is 0.0958 e. The molecule has 16 heavy (non-hydrogen) atoms. The van der Waals surface area contributed by atoms with Gasteiger partial charge in [0.05, 0.1) is 16.9 Å². The van der Waals surface area contributed by atoms with Gasteiger partial charge in [0, 0.05) is 25.1 Å². The van der Waals surface area contributed by atoms with Gasteiger partial charge in [0.2, 0.25) is 0 Å². The molecule has 0 spiro atoms. The van der Waals surface area contributed by atoms with Crippen molar-refractivity contribution in [2.24, 2.45) is 10.1 Å². The first-order valence-corrected chi connectivity index (χ1v) is 5.84. The monoisotopic (exact) mass is 237 g/mol. The van der Waals surface area contributed by atoms with Gasteiger partial charge in [0.15, 0.2) is 0 Å². The van der Waals surface area contributed by atoms with Gasteiger partial charge >= 0.3 is 0 Å². The predicted molar refractivity (Wildman–Crippen MR) is 68.0 cm³/mol. The molecule has 0 aromatic carbocycles. The fourth-order valence-electron chi connectivity index (χ4n) is 1.15. The highest BCUT2D eigenvalue weighted by molar-refractivity contribution is 7.09. The highest BCUT2D eigenvalue weighted by Gasteiger charge is 2.00. The van der Waals surface area contributed by atoms with E-state index in [0.717, 1.165) is 17.8 Å². The van der Waals surface area contributed by atoms with Crippen molar-refractivity contribution in [3.05, 3.63) is 27.7 Å². The normalized spacial score (nSPS) is 13.0. The number of aromatic nitrogens is 1. The molecule has 0 aliphatic rings. The number of thiazole rings is 1. The van der Waals surface area contributed by atoms with Crippen LogP contribution >= 0.6 is 11.3 Å². The van der Waals surface area contributed by atoms with Gasteiger partial charge in [-0.25, -0.2) is 4.98 Å². The molecule has 0 radical (unpaired) electrons. The fourth-order valence-corrected chi connectivity index (χ4v) is 1.90. The van der Waals surface area contributed by atoms with E-state index in [2.05, 4.69) is 22.1 Å². The number of aryl methyl sites for hydroxylation is 1. The maximum atomic E-state index is 8.35. The number of nitrogens with zero attached hydrogens (tertiary/aromatic N) is 3. The molecule has 1 N–H and O–H groups in total. The summed E-state index contributed by atoms with van der Waals surface area (Å²) in [6.07, 6.45) is 7.01. The lowest BCUT2D eigenvalue weighted by Crippen LogP contribution is -1.88. The van der Waals surface area contributed by atoms with Crippen LogP contribution in [0.25, 0.3) is 0 Å². The summed E-state index contributed by atoms with van der Waals surface area (Å²) in [5.41, 5.74) is 1.98. The topological polar surface area (TPSA) is 57.8 Å². The van der Waals surface area contributed by atoms with E-state index < -0.39 is 0 Å². The number of oxime groups is 1. The third-order valence-corrected chi connectivity index (χ3v) is 2.93. The molecule has 5 heteroatoms. The van der Waals surface area contributed by atoms with Crippen molar-refractivity contribution in [1.29, 1.82) is 0 Å².